The molecule has 1 saturated heterocycles. The molecule has 0 saturated carbocycles. The highest BCUT2D eigenvalue weighted by molar-refractivity contribution is 7.52. The summed E-state index contributed by atoms with van der Waals surface area (Å²) in [4.78, 5) is 42.6. The maximum Gasteiger partial charge on any atom is 0.459 e. The first-order chi connectivity index (χ1) is 22.7. The molecule has 0 aliphatic carbocycles. The highest BCUT2D eigenvalue weighted by Gasteiger charge is 2.62. The van der Waals surface area contributed by atoms with Gasteiger partial charge in [0.15, 0.2) is 18.0 Å². The Balaban J connectivity index is 1.80. The second-order valence-corrected chi connectivity index (χ2v) is 13.3. The average molecular weight is 687 g/mol. The lowest BCUT2D eigenvalue weighted by molar-refractivity contribution is -0.173. The number of nitrogen functional groups attached to an aromatic ring is 1. The first kappa shape index (κ1) is 36.3. The summed E-state index contributed by atoms with van der Waals surface area (Å²) in [7, 11) is -4.52. The van der Waals surface area contributed by atoms with Crippen molar-refractivity contribution in [2.24, 2.45) is 11.8 Å². The number of rotatable bonds is 14. The van der Waals surface area contributed by atoms with Crippen molar-refractivity contribution in [2.75, 3.05) is 18.9 Å². The largest absolute Gasteiger partial charge is 0.465 e. The molecule has 2 aromatic heterocycles. The number of aromatic nitrogens is 3. The summed E-state index contributed by atoms with van der Waals surface area (Å²) in [5.41, 5.74) is 4.47. The predicted molar refractivity (Wildman–Crippen MR) is 169 cm³/mol. The van der Waals surface area contributed by atoms with Gasteiger partial charge in [0, 0.05) is 0 Å². The topological polar surface area (TPSA) is 216 Å². The molecule has 1 aliphatic heterocycles. The van der Waals surface area contributed by atoms with E-state index in [1.54, 1.807) is 65.0 Å². The van der Waals surface area contributed by atoms with E-state index in [-0.39, 0.29) is 23.9 Å². The lowest BCUT2D eigenvalue weighted by Crippen LogP contribution is -2.50. The highest BCUT2D eigenvalue weighted by atomic mass is 31.2. The number of nitrogens with two attached hydrogens (primary N) is 1. The number of benzene rings is 1. The molecular weight excluding hydrogens is 647 g/mol. The van der Waals surface area contributed by atoms with E-state index in [0.29, 0.717) is 5.52 Å². The third-order valence-electron chi connectivity index (χ3n) is 7.23. The number of fused-ring (bicyclic) bond motifs is 1. The first-order valence-corrected chi connectivity index (χ1v) is 16.8. The summed E-state index contributed by atoms with van der Waals surface area (Å²) in [6.07, 6.45) is -3.09. The normalized spacial score (nSPS) is 22.5. The fourth-order valence-electron chi connectivity index (χ4n) is 4.71. The summed E-state index contributed by atoms with van der Waals surface area (Å²) in [6, 6.07) is 12.0. The number of nitrogens with one attached hydrogen (secondary N) is 1. The van der Waals surface area contributed by atoms with E-state index in [1.807, 2.05) is 6.07 Å². The molecule has 258 valence electrons. The van der Waals surface area contributed by atoms with E-state index in [2.05, 4.69) is 15.2 Å². The van der Waals surface area contributed by atoms with Crippen molar-refractivity contribution in [3.05, 3.63) is 54.5 Å². The minimum atomic E-state index is -4.52. The maximum atomic E-state index is 14.3. The van der Waals surface area contributed by atoms with Gasteiger partial charge in [-0.25, -0.2) is 14.1 Å². The van der Waals surface area contributed by atoms with Gasteiger partial charge in [-0.15, -0.1) is 0 Å². The summed E-state index contributed by atoms with van der Waals surface area (Å²) in [6.45, 7) is 8.60. The number of nitrogens with zero attached hydrogens (tertiary/aromatic N) is 4. The Morgan fingerprint density at radius 1 is 1.06 bits per heavy atom. The number of hydrogen-bond donors (Lipinski definition) is 2. The fourth-order valence-corrected chi connectivity index (χ4v) is 6.23. The van der Waals surface area contributed by atoms with Crippen molar-refractivity contribution >= 4 is 37.0 Å². The first-order valence-electron chi connectivity index (χ1n) is 15.3. The van der Waals surface area contributed by atoms with Crippen LogP contribution in [0.3, 0.4) is 0 Å². The SMILES string of the molecule is CCOC(=O)[C@H](C)N[P@](=O)(OC[C@@]1(C#N)O[C@@H](c2ccc3c(N)ncnn23)[C@H](OC(=O)C(C)C)[C@@H]1OC(=O)C(C)C)Oc1ccccc1. The van der Waals surface area contributed by atoms with Crippen LogP contribution in [0.2, 0.25) is 0 Å². The zero-order chi connectivity index (χ0) is 35.2. The Hall–Kier alpha value is -4.55. The zero-order valence-corrected chi connectivity index (χ0v) is 28.3. The van der Waals surface area contributed by atoms with E-state index >= 15 is 0 Å². The van der Waals surface area contributed by atoms with Crippen LogP contribution in [-0.2, 0) is 42.4 Å². The summed E-state index contributed by atoms with van der Waals surface area (Å²) < 4.78 is 50.3. The zero-order valence-electron chi connectivity index (χ0n) is 27.4. The van der Waals surface area contributed by atoms with Crippen LogP contribution in [0.4, 0.5) is 5.82 Å². The van der Waals surface area contributed by atoms with Crippen LogP contribution < -0.4 is 15.3 Å². The van der Waals surface area contributed by atoms with Crippen molar-refractivity contribution < 1.29 is 46.9 Å². The molecule has 16 nitrogen and oxygen atoms in total. The lowest BCUT2D eigenvalue weighted by atomic mass is 9.95. The monoisotopic (exact) mass is 686 g/mol. The van der Waals surface area contributed by atoms with E-state index in [1.165, 1.54) is 29.9 Å². The number of esters is 3. The number of nitriles is 1. The number of carbonyl (C=O) groups excluding carboxylic acids is 3. The van der Waals surface area contributed by atoms with Crippen LogP contribution in [0, 0.1) is 23.2 Å². The van der Waals surface area contributed by atoms with Crippen LogP contribution in [0.5, 0.6) is 5.75 Å². The van der Waals surface area contributed by atoms with Crippen LogP contribution in [0.25, 0.3) is 5.52 Å². The molecule has 3 N–H and O–H groups in total. The van der Waals surface area contributed by atoms with Crippen molar-refractivity contribution in [1.82, 2.24) is 19.7 Å². The molecule has 3 aromatic rings. The van der Waals surface area contributed by atoms with Gasteiger partial charge >= 0.3 is 25.7 Å². The van der Waals surface area contributed by atoms with E-state index in [4.69, 9.17) is 33.7 Å². The molecule has 1 aromatic carbocycles. The van der Waals surface area contributed by atoms with Crippen LogP contribution in [-0.4, -0.2) is 69.6 Å². The van der Waals surface area contributed by atoms with Crippen molar-refractivity contribution in [1.29, 1.82) is 5.26 Å². The lowest BCUT2D eigenvalue weighted by Gasteiger charge is -2.31. The van der Waals surface area contributed by atoms with Gasteiger partial charge in [-0.05, 0) is 38.1 Å². The molecule has 1 aliphatic rings. The Bertz CT molecular complexity index is 1710. The molecule has 3 heterocycles. The van der Waals surface area contributed by atoms with E-state index in [9.17, 15) is 24.2 Å². The molecule has 0 unspecified atom stereocenters. The number of hydrogen-bond acceptors (Lipinski definition) is 14. The minimum absolute atomic E-state index is 0.0622. The molecule has 4 rings (SSSR count). The van der Waals surface area contributed by atoms with Crippen molar-refractivity contribution in [2.45, 2.75) is 71.5 Å². The minimum Gasteiger partial charge on any atom is -0.465 e. The summed E-state index contributed by atoms with van der Waals surface area (Å²) in [5.74, 6) is -3.17. The Morgan fingerprint density at radius 2 is 1.73 bits per heavy atom. The molecule has 0 spiro atoms. The van der Waals surface area contributed by atoms with Gasteiger partial charge in [-0.1, -0.05) is 45.9 Å². The van der Waals surface area contributed by atoms with Crippen molar-refractivity contribution in [3.63, 3.8) is 0 Å². The smallest absolute Gasteiger partial charge is 0.459 e. The Kier molecular flexibility index (Phi) is 11.4. The maximum absolute atomic E-state index is 14.3. The molecular formula is C31H39N6O10P. The van der Waals surface area contributed by atoms with Crippen molar-refractivity contribution in [3.8, 4) is 11.8 Å². The third-order valence-corrected chi connectivity index (χ3v) is 8.86. The third kappa shape index (κ3) is 7.94. The molecule has 0 bridgehead atoms. The number of ether oxygens (including phenoxy) is 4. The molecule has 6 atom stereocenters. The number of para-hydroxylation sites is 1. The Morgan fingerprint density at radius 3 is 2.35 bits per heavy atom. The Labute approximate surface area is 277 Å². The van der Waals surface area contributed by atoms with Crippen LogP contribution in [0.15, 0.2) is 48.8 Å². The number of anilines is 1. The molecule has 1 fully saturated rings. The van der Waals surface area contributed by atoms with Crippen LogP contribution >= 0.6 is 7.75 Å². The van der Waals surface area contributed by atoms with Gasteiger partial charge in [-0.2, -0.15) is 15.4 Å². The van der Waals surface area contributed by atoms with Gasteiger partial charge in [-0.3, -0.25) is 18.9 Å². The molecule has 0 amide bonds. The summed E-state index contributed by atoms with van der Waals surface area (Å²) >= 11 is 0. The second kappa shape index (κ2) is 15.1. The molecule has 48 heavy (non-hydrogen) atoms. The highest BCUT2D eigenvalue weighted by Crippen LogP contribution is 2.50. The van der Waals surface area contributed by atoms with Gasteiger partial charge < -0.3 is 29.2 Å². The van der Waals surface area contributed by atoms with Gasteiger partial charge in [0.1, 0.15) is 42.4 Å². The standard InChI is InChI=1S/C31H39N6O10P/c1-7-42-30(40)20(6)36-48(41,47-21-11-9-8-10-12-21)43-16-31(15-32)26(45-29(39)19(4)5)25(44-28(38)18(2)3)24(46-31)22-13-14-23-27(33)34-17-35-37(22)23/h8-14,17-20,24-26H,7,16H2,1-6H3,(H,36,41)(H2,33,34,35)/t20-,24-,25-,26-,31+,48-/m0/s1. The molecule has 17 heteroatoms. The van der Waals surface area contributed by atoms with E-state index < -0.39 is 74.1 Å². The van der Waals surface area contributed by atoms with E-state index in [0.717, 1.165) is 0 Å². The van der Waals surface area contributed by atoms with Gasteiger partial charge in [0.25, 0.3) is 0 Å². The quantitative estimate of drug-likeness (QED) is 0.141. The fraction of sp³-hybridized carbons (Fsp3) is 0.484. The summed E-state index contributed by atoms with van der Waals surface area (Å²) in [5, 5.41) is 17.5. The second-order valence-electron chi connectivity index (χ2n) is 11.6. The van der Waals surface area contributed by atoms with Gasteiger partial charge in [0.2, 0.25) is 5.60 Å². The molecule has 0 radical (unpaired) electrons. The van der Waals surface area contributed by atoms with Crippen LogP contribution in [0.1, 0.15) is 53.3 Å². The average Bonchev–Trinajstić information content (AvgIpc) is 3.61. The predicted octanol–water partition coefficient (Wildman–Crippen LogP) is 3.53. The number of carbonyl (C=O) groups is 3. The van der Waals surface area contributed by atoms with Gasteiger partial charge in [0.05, 0.1) is 24.1 Å².